The Hall–Kier alpha value is -1.35. The molecule has 1 aromatic carbocycles. The number of nitrogens with zero attached hydrogens (tertiary/aromatic N) is 1. The van der Waals surface area contributed by atoms with Crippen molar-refractivity contribution in [3.05, 3.63) is 35.9 Å². The normalized spacial score (nSPS) is 26.7. The van der Waals surface area contributed by atoms with Crippen molar-refractivity contribution >= 4 is 5.91 Å². The maximum Gasteiger partial charge on any atom is 0.246 e. The minimum absolute atomic E-state index is 0.110. The van der Waals surface area contributed by atoms with E-state index in [1.165, 1.54) is 0 Å². The first-order valence-electron chi connectivity index (χ1n) is 5.27. The molecule has 1 aliphatic heterocycles. The van der Waals surface area contributed by atoms with Gasteiger partial charge in [-0.2, -0.15) is 0 Å². The molecule has 1 heterocycles. The van der Waals surface area contributed by atoms with Crippen LogP contribution in [0.2, 0.25) is 0 Å². The fraction of sp³-hybridized carbons (Fsp3) is 0.417. The summed E-state index contributed by atoms with van der Waals surface area (Å²) >= 11 is 0. The average molecular weight is 204 g/mol. The van der Waals surface area contributed by atoms with Gasteiger partial charge in [0.25, 0.3) is 0 Å². The fourth-order valence-electron chi connectivity index (χ4n) is 2.25. The molecule has 1 unspecified atom stereocenters. The molecule has 1 atom stereocenters. The molecule has 3 nitrogen and oxygen atoms in total. The standard InChI is InChI=1S/C12H16N2O/c1-3-12(9-14(2)13-11(12)15)10-7-5-4-6-8-10/h4-8H,3,9H2,1-2H3,(H,13,15). The predicted octanol–water partition coefficient (Wildman–Crippen LogP) is 1.31. The Balaban J connectivity index is 2.43. The van der Waals surface area contributed by atoms with Crippen LogP contribution >= 0.6 is 0 Å². The molecule has 0 aliphatic carbocycles. The van der Waals surface area contributed by atoms with Gasteiger partial charge >= 0.3 is 0 Å². The van der Waals surface area contributed by atoms with E-state index in [-0.39, 0.29) is 11.3 Å². The molecular formula is C12H16N2O. The first kappa shape index (κ1) is 10.2. The van der Waals surface area contributed by atoms with Gasteiger partial charge in [0.05, 0.1) is 5.41 Å². The summed E-state index contributed by atoms with van der Waals surface area (Å²) in [5.41, 5.74) is 3.59. The van der Waals surface area contributed by atoms with Crippen LogP contribution in [0.15, 0.2) is 30.3 Å². The number of hydrogen-bond acceptors (Lipinski definition) is 2. The van der Waals surface area contributed by atoms with Gasteiger partial charge in [-0.25, -0.2) is 5.01 Å². The van der Waals surface area contributed by atoms with Gasteiger partial charge < -0.3 is 0 Å². The molecule has 1 amide bonds. The van der Waals surface area contributed by atoms with E-state index in [0.29, 0.717) is 0 Å². The number of amides is 1. The number of rotatable bonds is 2. The molecule has 0 saturated carbocycles. The lowest BCUT2D eigenvalue weighted by Crippen LogP contribution is -2.36. The predicted molar refractivity (Wildman–Crippen MR) is 59.2 cm³/mol. The van der Waals surface area contributed by atoms with Crippen molar-refractivity contribution in [3.63, 3.8) is 0 Å². The maximum absolute atomic E-state index is 12.0. The highest BCUT2D eigenvalue weighted by Crippen LogP contribution is 2.32. The Morgan fingerprint density at radius 3 is 2.53 bits per heavy atom. The number of likely N-dealkylation sites (N-methyl/N-ethyl adjacent to an activating group) is 1. The number of hydrogen-bond donors (Lipinski definition) is 1. The van der Waals surface area contributed by atoms with Crippen LogP contribution in [0.25, 0.3) is 0 Å². The van der Waals surface area contributed by atoms with Gasteiger partial charge in [0, 0.05) is 13.6 Å². The highest BCUT2D eigenvalue weighted by atomic mass is 16.2. The van der Waals surface area contributed by atoms with Crippen LogP contribution in [0.1, 0.15) is 18.9 Å². The summed E-state index contributed by atoms with van der Waals surface area (Å²) in [6.07, 6.45) is 0.827. The second kappa shape index (κ2) is 3.66. The third kappa shape index (κ3) is 1.53. The summed E-state index contributed by atoms with van der Waals surface area (Å²) in [5, 5.41) is 1.86. The first-order chi connectivity index (χ1) is 7.19. The van der Waals surface area contributed by atoms with Gasteiger partial charge in [0.1, 0.15) is 0 Å². The second-order valence-corrected chi connectivity index (χ2v) is 4.10. The van der Waals surface area contributed by atoms with Crippen molar-refractivity contribution in [2.75, 3.05) is 13.6 Å². The number of carbonyl (C=O) groups is 1. The van der Waals surface area contributed by atoms with Gasteiger partial charge in [0.15, 0.2) is 0 Å². The molecule has 0 bridgehead atoms. The summed E-state index contributed by atoms with van der Waals surface area (Å²) in [4.78, 5) is 12.0. The molecule has 1 N–H and O–H groups in total. The van der Waals surface area contributed by atoms with Crippen molar-refractivity contribution in [2.45, 2.75) is 18.8 Å². The van der Waals surface area contributed by atoms with Crippen LogP contribution in [0.5, 0.6) is 0 Å². The Bertz CT molecular complexity index is 363. The average Bonchev–Trinajstić information content (AvgIpc) is 2.56. The summed E-state index contributed by atoms with van der Waals surface area (Å²) in [6.45, 7) is 2.80. The number of nitrogens with one attached hydrogen (secondary N) is 1. The Morgan fingerprint density at radius 2 is 2.07 bits per heavy atom. The van der Waals surface area contributed by atoms with E-state index in [4.69, 9.17) is 0 Å². The van der Waals surface area contributed by atoms with Crippen LogP contribution in [-0.4, -0.2) is 24.5 Å². The lowest BCUT2D eigenvalue weighted by molar-refractivity contribution is -0.125. The molecule has 0 aromatic heterocycles. The minimum atomic E-state index is -0.365. The van der Waals surface area contributed by atoms with Gasteiger partial charge in [-0.05, 0) is 12.0 Å². The number of carbonyl (C=O) groups excluding carboxylic acids is 1. The minimum Gasteiger partial charge on any atom is -0.288 e. The van der Waals surface area contributed by atoms with Gasteiger partial charge in [-0.1, -0.05) is 37.3 Å². The van der Waals surface area contributed by atoms with Crippen LogP contribution in [0.4, 0.5) is 0 Å². The summed E-state index contributed by atoms with van der Waals surface area (Å²) in [6, 6.07) is 10.0. The molecule has 1 aromatic rings. The molecule has 2 rings (SSSR count). The quantitative estimate of drug-likeness (QED) is 0.787. The van der Waals surface area contributed by atoms with Crippen molar-refractivity contribution in [1.82, 2.24) is 10.4 Å². The Labute approximate surface area is 90.1 Å². The van der Waals surface area contributed by atoms with Crippen LogP contribution < -0.4 is 5.43 Å². The van der Waals surface area contributed by atoms with Gasteiger partial charge in [0.2, 0.25) is 5.91 Å². The Kier molecular flexibility index (Phi) is 2.49. The maximum atomic E-state index is 12.0. The highest BCUT2D eigenvalue weighted by molar-refractivity contribution is 5.89. The molecule has 1 fully saturated rings. The monoisotopic (exact) mass is 204 g/mol. The zero-order chi connectivity index (χ0) is 10.9. The van der Waals surface area contributed by atoms with E-state index in [0.717, 1.165) is 18.5 Å². The molecule has 0 spiro atoms. The van der Waals surface area contributed by atoms with E-state index in [9.17, 15) is 4.79 Å². The molecule has 1 aliphatic rings. The lowest BCUT2D eigenvalue weighted by atomic mass is 9.78. The summed E-state index contributed by atoms with van der Waals surface area (Å²) in [7, 11) is 1.90. The third-order valence-corrected chi connectivity index (χ3v) is 3.16. The molecule has 15 heavy (non-hydrogen) atoms. The molecule has 3 heteroatoms. The fourth-order valence-corrected chi connectivity index (χ4v) is 2.25. The summed E-state index contributed by atoms with van der Waals surface area (Å²) < 4.78 is 0. The van der Waals surface area contributed by atoms with Crippen molar-refractivity contribution in [2.24, 2.45) is 0 Å². The van der Waals surface area contributed by atoms with E-state index in [1.54, 1.807) is 0 Å². The van der Waals surface area contributed by atoms with Crippen molar-refractivity contribution in [1.29, 1.82) is 0 Å². The highest BCUT2D eigenvalue weighted by Gasteiger charge is 2.44. The van der Waals surface area contributed by atoms with E-state index >= 15 is 0 Å². The van der Waals surface area contributed by atoms with Crippen molar-refractivity contribution < 1.29 is 4.79 Å². The van der Waals surface area contributed by atoms with Gasteiger partial charge in [-0.3, -0.25) is 10.2 Å². The van der Waals surface area contributed by atoms with E-state index in [2.05, 4.69) is 12.3 Å². The van der Waals surface area contributed by atoms with E-state index in [1.807, 2.05) is 42.4 Å². The van der Waals surface area contributed by atoms with E-state index < -0.39 is 0 Å². The molecule has 80 valence electrons. The zero-order valence-electron chi connectivity index (χ0n) is 9.16. The smallest absolute Gasteiger partial charge is 0.246 e. The van der Waals surface area contributed by atoms with Crippen LogP contribution in [0.3, 0.4) is 0 Å². The first-order valence-corrected chi connectivity index (χ1v) is 5.27. The molecule has 1 saturated heterocycles. The Morgan fingerprint density at radius 1 is 1.40 bits per heavy atom. The van der Waals surface area contributed by atoms with Crippen LogP contribution in [0, 0.1) is 0 Å². The summed E-state index contributed by atoms with van der Waals surface area (Å²) in [5.74, 6) is 0.110. The third-order valence-electron chi connectivity index (χ3n) is 3.16. The van der Waals surface area contributed by atoms with Gasteiger partial charge in [-0.15, -0.1) is 0 Å². The topological polar surface area (TPSA) is 32.3 Å². The number of benzene rings is 1. The molecular weight excluding hydrogens is 188 g/mol. The zero-order valence-corrected chi connectivity index (χ0v) is 9.16. The second-order valence-electron chi connectivity index (χ2n) is 4.10. The molecule has 0 radical (unpaired) electrons. The van der Waals surface area contributed by atoms with Crippen LogP contribution in [-0.2, 0) is 10.2 Å². The number of hydrazine groups is 1. The van der Waals surface area contributed by atoms with Crippen molar-refractivity contribution in [3.8, 4) is 0 Å². The SMILES string of the molecule is CCC1(c2ccccc2)CN(C)NC1=O. The lowest BCUT2D eigenvalue weighted by Gasteiger charge is -2.24. The largest absolute Gasteiger partial charge is 0.288 e.